The highest BCUT2D eigenvalue weighted by Gasteiger charge is 2.33. The molecule has 6 nitrogen and oxygen atoms in total. The van der Waals surface area contributed by atoms with Crippen molar-refractivity contribution in [3.8, 4) is 0 Å². The number of nitrogens with zero attached hydrogens (tertiary/aromatic N) is 4. The quantitative estimate of drug-likeness (QED) is 0.814. The molecule has 3 rings (SSSR count). The molecular formula is C21H33N5O. The molecule has 1 amide bonds. The van der Waals surface area contributed by atoms with Gasteiger partial charge < -0.3 is 10.2 Å². The second kappa shape index (κ2) is 7.97. The van der Waals surface area contributed by atoms with E-state index in [2.05, 4.69) is 48.2 Å². The van der Waals surface area contributed by atoms with Crippen molar-refractivity contribution < 1.29 is 4.79 Å². The third kappa shape index (κ3) is 4.00. The first-order valence-corrected chi connectivity index (χ1v) is 10.1. The van der Waals surface area contributed by atoms with Gasteiger partial charge in [-0.2, -0.15) is 5.10 Å². The van der Waals surface area contributed by atoms with Gasteiger partial charge in [0.2, 0.25) is 0 Å². The largest absolute Gasteiger partial charge is 0.350 e. The molecule has 2 aromatic heterocycles. The van der Waals surface area contributed by atoms with Crippen molar-refractivity contribution in [2.45, 2.75) is 70.9 Å². The Labute approximate surface area is 162 Å². The van der Waals surface area contributed by atoms with Gasteiger partial charge in [-0.1, -0.05) is 25.7 Å². The fourth-order valence-corrected chi connectivity index (χ4v) is 4.18. The zero-order valence-corrected chi connectivity index (χ0v) is 17.4. The van der Waals surface area contributed by atoms with Gasteiger partial charge >= 0.3 is 0 Å². The number of carbonyl (C=O) groups is 1. The normalized spacial score (nSPS) is 17.4. The number of pyridine rings is 1. The Balaban J connectivity index is 1.80. The number of aromatic nitrogens is 3. The van der Waals surface area contributed by atoms with Crippen LogP contribution >= 0.6 is 0 Å². The lowest BCUT2D eigenvalue weighted by Crippen LogP contribution is -2.52. The van der Waals surface area contributed by atoms with Crippen LogP contribution in [0.4, 0.5) is 0 Å². The number of fused-ring (bicyclic) bond motifs is 1. The number of likely N-dealkylation sites (N-methyl/N-ethyl adjacent to an activating group) is 1. The Morgan fingerprint density at radius 1 is 1.26 bits per heavy atom. The Morgan fingerprint density at radius 2 is 1.93 bits per heavy atom. The molecule has 27 heavy (non-hydrogen) atoms. The van der Waals surface area contributed by atoms with E-state index in [4.69, 9.17) is 0 Å². The summed E-state index contributed by atoms with van der Waals surface area (Å²) in [6, 6.07) is 2.16. The molecule has 6 heteroatoms. The van der Waals surface area contributed by atoms with Crippen LogP contribution in [0.1, 0.15) is 74.5 Å². The minimum absolute atomic E-state index is 0.0373. The highest BCUT2D eigenvalue weighted by Crippen LogP contribution is 2.30. The van der Waals surface area contributed by atoms with E-state index in [0.29, 0.717) is 12.1 Å². The zero-order chi connectivity index (χ0) is 19.6. The minimum Gasteiger partial charge on any atom is -0.350 e. The molecule has 0 saturated heterocycles. The molecule has 1 aliphatic rings. The summed E-state index contributed by atoms with van der Waals surface area (Å²) in [5, 5.41) is 8.54. The summed E-state index contributed by atoms with van der Waals surface area (Å²) in [7, 11) is 4.27. The van der Waals surface area contributed by atoms with Crippen LogP contribution < -0.4 is 5.32 Å². The van der Waals surface area contributed by atoms with Crippen LogP contribution in [0.5, 0.6) is 0 Å². The van der Waals surface area contributed by atoms with E-state index in [1.165, 1.54) is 25.7 Å². The predicted octanol–water partition coefficient (Wildman–Crippen LogP) is 3.71. The number of amides is 1. The van der Waals surface area contributed by atoms with Gasteiger partial charge in [-0.05, 0) is 53.8 Å². The number of aryl methyl sites for hydroxylation is 1. The maximum atomic E-state index is 12.9. The van der Waals surface area contributed by atoms with Gasteiger partial charge in [-0.15, -0.1) is 0 Å². The molecule has 1 aliphatic carbocycles. The molecule has 148 valence electrons. The Kier molecular flexibility index (Phi) is 5.84. The number of hydrogen-bond donors (Lipinski definition) is 1. The number of nitrogens with one attached hydrogen (secondary N) is 1. The van der Waals surface area contributed by atoms with E-state index in [1.54, 1.807) is 6.20 Å². The van der Waals surface area contributed by atoms with E-state index < -0.39 is 0 Å². The van der Waals surface area contributed by atoms with Gasteiger partial charge in [0, 0.05) is 23.5 Å². The second-order valence-electron chi connectivity index (χ2n) is 8.43. The van der Waals surface area contributed by atoms with Gasteiger partial charge in [0.25, 0.3) is 5.91 Å². The Bertz CT molecular complexity index is 800. The summed E-state index contributed by atoms with van der Waals surface area (Å²) in [5.74, 6) is -0.0373. The zero-order valence-electron chi connectivity index (χ0n) is 17.4. The lowest BCUT2D eigenvalue weighted by atomic mass is 9.88. The molecule has 0 unspecified atom stereocenters. The maximum Gasteiger partial charge on any atom is 0.253 e. The molecule has 1 saturated carbocycles. The average Bonchev–Trinajstić information content (AvgIpc) is 2.87. The van der Waals surface area contributed by atoms with E-state index in [0.717, 1.165) is 29.6 Å². The molecule has 2 aromatic rings. The fraction of sp³-hybridized carbons (Fsp3) is 0.667. The monoisotopic (exact) mass is 371 g/mol. The van der Waals surface area contributed by atoms with Crippen LogP contribution in [0.2, 0.25) is 0 Å². The van der Waals surface area contributed by atoms with Crippen LogP contribution in [0.15, 0.2) is 12.3 Å². The third-order valence-corrected chi connectivity index (χ3v) is 6.05. The molecule has 0 spiro atoms. The van der Waals surface area contributed by atoms with Crippen LogP contribution in [-0.2, 0) is 0 Å². The van der Waals surface area contributed by atoms with Crippen molar-refractivity contribution in [3.63, 3.8) is 0 Å². The van der Waals surface area contributed by atoms with E-state index in [-0.39, 0.29) is 17.5 Å². The first-order chi connectivity index (χ1) is 12.8. The molecule has 0 bridgehead atoms. The van der Waals surface area contributed by atoms with Gasteiger partial charge in [-0.3, -0.25) is 4.79 Å². The molecule has 0 aliphatic heterocycles. The van der Waals surface area contributed by atoms with Crippen molar-refractivity contribution in [1.82, 2.24) is 25.0 Å². The molecule has 0 aromatic carbocycles. The second-order valence-corrected chi connectivity index (χ2v) is 8.43. The Hall–Kier alpha value is -1.95. The molecule has 1 fully saturated rings. The van der Waals surface area contributed by atoms with Crippen LogP contribution in [0.3, 0.4) is 0 Å². The lowest BCUT2D eigenvalue weighted by molar-refractivity contribution is 0.0868. The van der Waals surface area contributed by atoms with E-state index in [1.807, 2.05) is 17.7 Å². The summed E-state index contributed by atoms with van der Waals surface area (Å²) in [6.07, 6.45) is 9.12. The van der Waals surface area contributed by atoms with Crippen molar-refractivity contribution in [2.24, 2.45) is 0 Å². The van der Waals surface area contributed by atoms with Gasteiger partial charge in [0.15, 0.2) is 5.65 Å². The highest BCUT2D eigenvalue weighted by molar-refractivity contribution is 5.98. The van der Waals surface area contributed by atoms with Gasteiger partial charge in [0.1, 0.15) is 0 Å². The Morgan fingerprint density at radius 3 is 2.52 bits per heavy atom. The topological polar surface area (TPSA) is 63.1 Å². The first-order valence-electron chi connectivity index (χ1n) is 10.1. The number of rotatable bonds is 5. The summed E-state index contributed by atoms with van der Waals surface area (Å²) >= 11 is 0. The summed E-state index contributed by atoms with van der Waals surface area (Å²) in [5.41, 5.74) is 2.29. The molecular weight excluding hydrogens is 338 g/mol. The third-order valence-electron chi connectivity index (χ3n) is 6.05. The summed E-state index contributed by atoms with van der Waals surface area (Å²) in [6.45, 7) is 6.75. The predicted molar refractivity (Wildman–Crippen MR) is 109 cm³/mol. The highest BCUT2D eigenvalue weighted by atomic mass is 16.1. The smallest absolute Gasteiger partial charge is 0.253 e. The average molecular weight is 372 g/mol. The van der Waals surface area contributed by atoms with Crippen molar-refractivity contribution >= 4 is 16.9 Å². The molecule has 1 N–H and O–H groups in total. The lowest BCUT2D eigenvalue weighted by Gasteiger charge is -2.39. The first kappa shape index (κ1) is 19.8. The molecule has 0 radical (unpaired) electrons. The molecule has 2 heterocycles. The van der Waals surface area contributed by atoms with Crippen molar-refractivity contribution in [2.75, 3.05) is 20.6 Å². The van der Waals surface area contributed by atoms with Crippen LogP contribution in [0, 0.1) is 6.92 Å². The van der Waals surface area contributed by atoms with Crippen LogP contribution in [0.25, 0.3) is 11.0 Å². The summed E-state index contributed by atoms with van der Waals surface area (Å²) in [4.78, 5) is 19.9. The molecule has 0 atom stereocenters. The van der Waals surface area contributed by atoms with Crippen LogP contribution in [-0.4, -0.2) is 51.8 Å². The fourth-order valence-electron chi connectivity index (χ4n) is 4.18. The maximum absolute atomic E-state index is 12.9. The van der Waals surface area contributed by atoms with Crippen molar-refractivity contribution in [1.29, 1.82) is 0 Å². The van der Waals surface area contributed by atoms with Gasteiger partial charge in [0.05, 0.1) is 17.5 Å². The number of carbonyl (C=O) groups excluding carboxylic acids is 1. The van der Waals surface area contributed by atoms with E-state index >= 15 is 0 Å². The summed E-state index contributed by atoms with van der Waals surface area (Å²) < 4.78 is 1.90. The van der Waals surface area contributed by atoms with E-state index in [9.17, 15) is 4.79 Å². The SMILES string of the molecule is Cc1nc2c(cnn2C(C)C)cc1C(=O)NCC1(N(C)C)CCCCCC1. The van der Waals surface area contributed by atoms with Gasteiger partial charge in [-0.25, -0.2) is 9.67 Å². The minimum atomic E-state index is -0.0373. The standard InChI is InChI=1S/C21H33N5O/c1-15(2)26-19-17(13-23-26)12-18(16(3)24-19)20(27)22-14-21(25(4)5)10-8-6-7-9-11-21/h12-13,15H,6-11,14H2,1-5H3,(H,22,27). The van der Waals surface area contributed by atoms with Crippen molar-refractivity contribution in [3.05, 3.63) is 23.5 Å². The number of hydrogen-bond acceptors (Lipinski definition) is 4.